The van der Waals surface area contributed by atoms with Crippen molar-refractivity contribution in [3.05, 3.63) is 71.8 Å². The molecule has 2 aromatic rings. The maximum Gasteiger partial charge on any atom is 0.330 e. The molecule has 2 aromatic carbocycles. The predicted molar refractivity (Wildman–Crippen MR) is 95.8 cm³/mol. The van der Waals surface area contributed by atoms with Crippen LogP contribution in [0.3, 0.4) is 0 Å². The molecule has 0 bridgehead atoms. The second kappa shape index (κ2) is 9.53. The van der Waals surface area contributed by atoms with E-state index in [0.717, 1.165) is 17.9 Å². The lowest BCUT2D eigenvalue weighted by molar-refractivity contribution is -0.138. The Morgan fingerprint density at radius 1 is 1.08 bits per heavy atom. The quantitative estimate of drug-likeness (QED) is 0.551. The van der Waals surface area contributed by atoms with Crippen molar-refractivity contribution in [2.24, 2.45) is 0 Å². The van der Waals surface area contributed by atoms with Gasteiger partial charge in [0.1, 0.15) is 12.4 Å². The summed E-state index contributed by atoms with van der Waals surface area (Å²) in [6.07, 6.45) is 3.13. The van der Waals surface area contributed by atoms with E-state index in [0.29, 0.717) is 13.2 Å². The van der Waals surface area contributed by atoms with Crippen LogP contribution in [0, 0.1) is 0 Å². The van der Waals surface area contributed by atoms with Crippen molar-refractivity contribution in [1.29, 1.82) is 0 Å². The number of rotatable bonds is 8. The molecule has 0 aliphatic carbocycles. The Bertz CT molecular complexity index is 668. The number of hydrogen-bond donors (Lipinski definition) is 0. The summed E-state index contributed by atoms with van der Waals surface area (Å²) >= 11 is 0. The fraction of sp³-hybridized carbons (Fsp3) is 0.250. The summed E-state index contributed by atoms with van der Waals surface area (Å²) in [6.45, 7) is 1.87. The number of likely N-dealkylation sites (N-methyl/N-ethyl adjacent to an activating group) is 1. The van der Waals surface area contributed by atoms with Crippen LogP contribution in [0.1, 0.15) is 11.1 Å². The van der Waals surface area contributed by atoms with E-state index in [9.17, 15) is 4.79 Å². The van der Waals surface area contributed by atoms with E-state index >= 15 is 0 Å². The topological polar surface area (TPSA) is 38.8 Å². The molecule has 2 rings (SSSR count). The number of ether oxygens (including phenoxy) is 2. The molecule has 0 saturated carbocycles. The van der Waals surface area contributed by atoms with Crippen molar-refractivity contribution in [3.8, 4) is 5.75 Å². The first-order valence-corrected chi connectivity index (χ1v) is 7.89. The number of benzene rings is 2. The van der Waals surface area contributed by atoms with Crippen LogP contribution in [0.15, 0.2) is 60.7 Å². The van der Waals surface area contributed by atoms with Crippen LogP contribution in [0.5, 0.6) is 5.75 Å². The van der Waals surface area contributed by atoms with Gasteiger partial charge in [0.25, 0.3) is 0 Å². The summed E-state index contributed by atoms with van der Waals surface area (Å²) in [6, 6.07) is 17.7. The van der Waals surface area contributed by atoms with Crippen LogP contribution in [-0.4, -0.2) is 38.2 Å². The molecule has 0 amide bonds. The molecule has 0 N–H and O–H groups in total. The number of carbonyl (C=O) groups is 1. The van der Waals surface area contributed by atoms with Crippen molar-refractivity contribution in [2.75, 3.05) is 27.3 Å². The van der Waals surface area contributed by atoms with Crippen LogP contribution < -0.4 is 4.74 Å². The molecule has 0 aromatic heterocycles. The standard InChI is InChI=1S/C20H23NO3/c1-21(16-17-8-4-3-5-9-17)14-15-24-20(22)13-12-18-10-6-7-11-19(18)23-2/h3-13H,14-16H2,1-2H3. The first kappa shape index (κ1) is 17.8. The second-order valence-corrected chi connectivity index (χ2v) is 5.47. The molecule has 0 aliphatic heterocycles. The number of para-hydroxylation sites is 1. The van der Waals surface area contributed by atoms with E-state index in [2.05, 4.69) is 17.0 Å². The molecule has 0 aliphatic rings. The minimum absolute atomic E-state index is 0.353. The first-order chi connectivity index (χ1) is 11.7. The van der Waals surface area contributed by atoms with Gasteiger partial charge in [-0.2, -0.15) is 0 Å². The monoisotopic (exact) mass is 325 g/mol. The van der Waals surface area contributed by atoms with Gasteiger partial charge >= 0.3 is 5.97 Å². The Morgan fingerprint density at radius 3 is 2.54 bits per heavy atom. The highest BCUT2D eigenvalue weighted by molar-refractivity contribution is 5.87. The lowest BCUT2D eigenvalue weighted by Crippen LogP contribution is -2.23. The molecule has 0 unspecified atom stereocenters. The van der Waals surface area contributed by atoms with Gasteiger partial charge in [-0.1, -0.05) is 48.5 Å². The third-order valence-corrected chi connectivity index (χ3v) is 3.55. The molecule has 4 nitrogen and oxygen atoms in total. The third-order valence-electron chi connectivity index (χ3n) is 3.55. The van der Waals surface area contributed by atoms with Crippen LogP contribution in [0.4, 0.5) is 0 Å². The van der Waals surface area contributed by atoms with Crippen molar-refractivity contribution < 1.29 is 14.3 Å². The average Bonchev–Trinajstić information content (AvgIpc) is 2.61. The Morgan fingerprint density at radius 2 is 1.79 bits per heavy atom. The summed E-state index contributed by atoms with van der Waals surface area (Å²) in [7, 11) is 3.61. The van der Waals surface area contributed by atoms with E-state index in [1.54, 1.807) is 13.2 Å². The first-order valence-electron chi connectivity index (χ1n) is 7.89. The number of carbonyl (C=O) groups excluding carboxylic acids is 1. The molecule has 0 radical (unpaired) electrons. The summed E-state index contributed by atoms with van der Waals surface area (Å²) in [5, 5.41) is 0. The number of methoxy groups -OCH3 is 1. The highest BCUT2D eigenvalue weighted by atomic mass is 16.5. The van der Waals surface area contributed by atoms with Gasteiger partial charge in [0.05, 0.1) is 7.11 Å². The number of hydrogen-bond acceptors (Lipinski definition) is 4. The lowest BCUT2D eigenvalue weighted by atomic mass is 10.2. The minimum atomic E-state index is -0.353. The van der Waals surface area contributed by atoms with E-state index in [4.69, 9.17) is 9.47 Å². The molecule has 24 heavy (non-hydrogen) atoms. The van der Waals surface area contributed by atoms with Gasteiger partial charge in [-0.05, 0) is 24.8 Å². The van der Waals surface area contributed by atoms with E-state index < -0.39 is 0 Å². The third kappa shape index (κ3) is 5.89. The molecule has 4 heteroatoms. The summed E-state index contributed by atoms with van der Waals surface area (Å²) in [4.78, 5) is 13.9. The molecular formula is C20H23NO3. The molecule has 0 saturated heterocycles. The minimum Gasteiger partial charge on any atom is -0.496 e. The van der Waals surface area contributed by atoms with Gasteiger partial charge in [-0.3, -0.25) is 4.90 Å². The Kier molecular flexibility index (Phi) is 7.05. The summed E-state index contributed by atoms with van der Waals surface area (Å²) in [5.41, 5.74) is 2.08. The molecule has 0 atom stereocenters. The fourth-order valence-corrected chi connectivity index (χ4v) is 2.29. The van der Waals surface area contributed by atoms with Gasteiger partial charge in [-0.15, -0.1) is 0 Å². The van der Waals surface area contributed by atoms with Crippen molar-refractivity contribution in [2.45, 2.75) is 6.54 Å². The van der Waals surface area contributed by atoms with Crippen molar-refractivity contribution in [1.82, 2.24) is 4.90 Å². The predicted octanol–water partition coefficient (Wildman–Crippen LogP) is 3.38. The summed E-state index contributed by atoms with van der Waals surface area (Å²) < 4.78 is 10.5. The molecular weight excluding hydrogens is 302 g/mol. The van der Waals surface area contributed by atoms with Gasteiger partial charge in [0.15, 0.2) is 0 Å². The van der Waals surface area contributed by atoms with E-state index in [-0.39, 0.29) is 5.97 Å². The van der Waals surface area contributed by atoms with Gasteiger partial charge in [0, 0.05) is 24.7 Å². The smallest absolute Gasteiger partial charge is 0.330 e. The Hall–Kier alpha value is -2.59. The van der Waals surface area contributed by atoms with Gasteiger partial charge < -0.3 is 9.47 Å². The largest absolute Gasteiger partial charge is 0.496 e. The van der Waals surface area contributed by atoms with Gasteiger partial charge in [0.2, 0.25) is 0 Å². The number of esters is 1. The molecule has 126 valence electrons. The zero-order valence-electron chi connectivity index (χ0n) is 14.1. The summed E-state index contributed by atoms with van der Waals surface area (Å²) in [5.74, 6) is 0.373. The fourth-order valence-electron chi connectivity index (χ4n) is 2.29. The highest BCUT2D eigenvalue weighted by Crippen LogP contribution is 2.18. The zero-order valence-corrected chi connectivity index (χ0v) is 14.1. The average molecular weight is 325 g/mol. The van der Waals surface area contributed by atoms with E-state index in [1.165, 1.54) is 11.6 Å². The second-order valence-electron chi connectivity index (χ2n) is 5.47. The Balaban J connectivity index is 1.74. The SMILES string of the molecule is COc1ccccc1C=CC(=O)OCCN(C)Cc1ccccc1. The number of nitrogens with zero attached hydrogens (tertiary/aromatic N) is 1. The molecule has 0 spiro atoms. The lowest BCUT2D eigenvalue weighted by Gasteiger charge is -2.16. The highest BCUT2D eigenvalue weighted by Gasteiger charge is 2.03. The molecule has 0 fully saturated rings. The van der Waals surface area contributed by atoms with E-state index in [1.807, 2.05) is 49.5 Å². The van der Waals surface area contributed by atoms with Crippen LogP contribution in [0.2, 0.25) is 0 Å². The maximum atomic E-state index is 11.8. The maximum absolute atomic E-state index is 11.8. The van der Waals surface area contributed by atoms with Crippen LogP contribution in [0.25, 0.3) is 6.08 Å². The molecule has 0 heterocycles. The van der Waals surface area contributed by atoms with Crippen molar-refractivity contribution in [3.63, 3.8) is 0 Å². The zero-order chi connectivity index (χ0) is 17.2. The van der Waals surface area contributed by atoms with Crippen LogP contribution >= 0.6 is 0 Å². The Labute approximate surface area is 143 Å². The normalized spacial score (nSPS) is 11.0. The van der Waals surface area contributed by atoms with Crippen LogP contribution in [-0.2, 0) is 16.1 Å². The van der Waals surface area contributed by atoms with Gasteiger partial charge in [-0.25, -0.2) is 4.79 Å². The van der Waals surface area contributed by atoms with Crippen molar-refractivity contribution >= 4 is 12.0 Å².